The Hall–Kier alpha value is -3.03. The monoisotopic (exact) mass is 462 g/mol. The van der Waals surface area contributed by atoms with Crippen molar-refractivity contribution in [2.45, 2.75) is 32.7 Å². The van der Waals surface area contributed by atoms with Crippen molar-refractivity contribution in [3.8, 4) is 10.4 Å². The SMILES string of the molecule is Cc1cccc(-c2sc(CN)nc2C(=O)N(CCc2c[nH]c3ccc(F)cc23)CC2CC2)c1. The third-order valence-electron chi connectivity index (χ3n) is 6.17. The Labute approximate surface area is 196 Å². The molecule has 0 aliphatic heterocycles. The number of aryl methyl sites for hydroxylation is 1. The van der Waals surface area contributed by atoms with E-state index >= 15 is 0 Å². The number of benzene rings is 2. The Morgan fingerprint density at radius 3 is 2.88 bits per heavy atom. The molecule has 5 rings (SSSR count). The summed E-state index contributed by atoms with van der Waals surface area (Å²) in [4.78, 5) is 24.4. The molecule has 33 heavy (non-hydrogen) atoms. The van der Waals surface area contributed by atoms with Gasteiger partial charge in [0.2, 0.25) is 0 Å². The minimum atomic E-state index is -0.256. The zero-order valence-corrected chi connectivity index (χ0v) is 19.4. The topological polar surface area (TPSA) is 75.0 Å². The summed E-state index contributed by atoms with van der Waals surface area (Å²) in [5.74, 6) is 0.235. The van der Waals surface area contributed by atoms with Gasteiger partial charge in [-0.05, 0) is 61.4 Å². The number of aromatic nitrogens is 2. The maximum Gasteiger partial charge on any atom is 0.274 e. The number of nitrogens with zero attached hydrogens (tertiary/aromatic N) is 2. The fourth-order valence-corrected chi connectivity index (χ4v) is 5.16. The van der Waals surface area contributed by atoms with E-state index in [4.69, 9.17) is 5.73 Å². The molecule has 3 N–H and O–H groups in total. The maximum atomic E-state index is 13.8. The quantitative estimate of drug-likeness (QED) is 0.373. The Bertz CT molecular complexity index is 1310. The van der Waals surface area contributed by atoms with Gasteiger partial charge >= 0.3 is 0 Å². The van der Waals surface area contributed by atoms with Crippen molar-refractivity contribution in [1.29, 1.82) is 0 Å². The van der Waals surface area contributed by atoms with Gasteiger partial charge in [-0.25, -0.2) is 9.37 Å². The Balaban J connectivity index is 1.44. The van der Waals surface area contributed by atoms with Gasteiger partial charge in [0.05, 0.1) is 4.88 Å². The molecule has 0 saturated heterocycles. The van der Waals surface area contributed by atoms with E-state index in [1.165, 1.54) is 17.4 Å². The lowest BCUT2D eigenvalue weighted by Gasteiger charge is -2.22. The molecule has 1 saturated carbocycles. The van der Waals surface area contributed by atoms with Gasteiger partial charge in [-0.15, -0.1) is 11.3 Å². The first-order valence-electron chi connectivity index (χ1n) is 11.3. The van der Waals surface area contributed by atoms with Crippen molar-refractivity contribution in [1.82, 2.24) is 14.9 Å². The highest BCUT2D eigenvalue weighted by Crippen LogP contribution is 2.34. The van der Waals surface area contributed by atoms with Crippen LogP contribution in [0.15, 0.2) is 48.7 Å². The number of halogens is 1. The van der Waals surface area contributed by atoms with Gasteiger partial charge in [-0.2, -0.15) is 0 Å². The number of hydrogen-bond donors (Lipinski definition) is 2. The third kappa shape index (κ3) is 4.70. The molecule has 0 unspecified atom stereocenters. The Morgan fingerprint density at radius 1 is 1.27 bits per heavy atom. The van der Waals surface area contributed by atoms with E-state index in [1.807, 2.05) is 36.2 Å². The van der Waals surface area contributed by atoms with E-state index in [9.17, 15) is 9.18 Å². The number of aromatic amines is 1. The van der Waals surface area contributed by atoms with Crippen molar-refractivity contribution >= 4 is 28.1 Å². The molecule has 2 aromatic carbocycles. The molecule has 7 heteroatoms. The predicted molar refractivity (Wildman–Crippen MR) is 131 cm³/mol. The van der Waals surface area contributed by atoms with E-state index in [-0.39, 0.29) is 11.7 Å². The number of carbonyl (C=O) groups is 1. The maximum absolute atomic E-state index is 13.8. The molecule has 5 nitrogen and oxygen atoms in total. The van der Waals surface area contributed by atoms with Crippen LogP contribution in [0.25, 0.3) is 21.3 Å². The first-order chi connectivity index (χ1) is 16.0. The molecule has 170 valence electrons. The van der Waals surface area contributed by atoms with Crippen LogP contribution in [-0.4, -0.2) is 33.9 Å². The van der Waals surface area contributed by atoms with Gasteiger partial charge in [0.1, 0.15) is 16.5 Å². The van der Waals surface area contributed by atoms with Crippen molar-refractivity contribution in [3.05, 3.63) is 76.3 Å². The van der Waals surface area contributed by atoms with Crippen LogP contribution in [0.1, 0.15) is 39.5 Å². The zero-order valence-electron chi connectivity index (χ0n) is 18.6. The molecule has 2 aromatic heterocycles. The summed E-state index contributed by atoms with van der Waals surface area (Å²) in [7, 11) is 0. The second kappa shape index (κ2) is 9.08. The van der Waals surface area contributed by atoms with E-state index in [0.717, 1.165) is 56.9 Å². The summed E-state index contributed by atoms with van der Waals surface area (Å²) in [5, 5.41) is 1.63. The Kier molecular flexibility index (Phi) is 6.00. The standard InChI is InChI=1S/C26H27FN4OS/c1-16-3-2-4-18(11-16)25-24(30-23(13-28)33-25)26(32)31(15-17-5-6-17)10-9-19-14-29-22-8-7-20(27)12-21(19)22/h2-4,7-8,11-12,14,17,29H,5-6,9-10,13,15,28H2,1H3. The molecule has 0 atom stereocenters. The number of H-pyrrole nitrogens is 1. The van der Waals surface area contributed by atoms with Gasteiger partial charge < -0.3 is 15.6 Å². The summed E-state index contributed by atoms with van der Waals surface area (Å²) >= 11 is 1.49. The molecule has 1 aliphatic carbocycles. The van der Waals surface area contributed by atoms with E-state index in [1.54, 1.807) is 12.1 Å². The number of hydrogen-bond acceptors (Lipinski definition) is 4. The smallest absolute Gasteiger partial charge is 0.274 e. The first kappa shape index (κ1) is 21.8. The number of carbonyl (C=O) groups excluding carboxylic acids is 1. The summed E-state index contributed by atoms with van der Waals surface area (Å²) in [6.45, 7) is 3.62. The van der Waals surface area contributed by atoms with Crippen LogP contribution in [0.3, 0.4) is 0 Å². The van der Waals surface area contributed by atoms with Crippen molar-refractivity contribution in [2.75, 3.05) is 13.1 Å². The van der Waals surface area contributed by atoms with E-state index in [0.29, 0.717) is 31.1 Å². The lowest BCUT2D eigenvalue weighted by molar-refractivity contribution is 0.0745. The van der Waals surface area contributed by atoms with Crippen molar-refractivity contribution < 1.29 is 9.18 Å². The highest BCUT2D eigenvalue weighted by Gasteiger charge is 2.30. The third-order valence-corrected chi connectivity index (χ3v) is 7.30. The number of nitrogens with two attached hydrogens (primary N) is 1. The highest BCUT2D eigenvalue weighted by molar-refractivity contribution is 7.15. The predicted octanol–water partition coefficient (Wildman–Crippen LogP) is 5.29. The summed E-state index contributed by atoms with van der Waals surface area (Å²) < 4.78 is 13.8. The van der Waals surface area contributed by atoms with Crippen LogP contribution in [0.4, 0.5) is 4.39 Å². The van der Waals surface area contributed by atoms with E-state index < -0.39 is 0 Å². The van der Waals surface area contributed by atoms with E-state index in [2.05, 4.69) is 16.0 Å². The lowest BCUT2D eigenvalue weighted by atomic mass is 10.1. The number of thiazole rings is 1. The normalized spacial score (nSPS) is 13.5. The summed E-state index contributed by atoms with van der Waals surface area (Å²) in [6.07, 6.45) is 4.86. The lowest BCUT2D eigenvalue weighted by Crippen LogP contribution is -2.35. The second-order valence-corrected chi connectivity index (χ2v) is 9.89. The van der Waals surface area contributed by atoms with Gasteiger partial charge in [0, 0.05) is 36.7 Å². The first-order valence-corrected chi connectivity index (χ1v) is 12.1. The number of rotatable bonds is 8. The molecule has 1 aliphatic rings. The van der Waals surface area contributed by atoms with Gasteiger partial charge in [0.15, 0.2) is 0 Å². The van der Waals surface area contributed by atoms with Crippen LogP contribution >= 0.6 is 11.3 Å². The average molecular weight is 463 g/mol. The zero-order chi connectivity index (χ0) is 22.9. The number of amides is 1. The van der Waals surface area contributed by atoms with Crippen LogP contribution < -0.4 is 5.73 Å². The molecular weight excluding hydrogens is 435 g/mol. The van der Waals surface area contributed by atoms with Crippen molar-refractivity contribution in [2.24, 2.45) is 11.7 Å². The summed E-state index contributed by atoms with van der Waals surface area (Å²) in [6, 6.07) is 12.9. The molecule has 4 aromatic rings. The van der Waals surface area contributed by atoms with Gasteiger partial charge in [0.25, 0.3) is 5.91 Å². The number of nitrogens with one attached hydrogen (secondary N) is 1. The molecule has 1 amide bonds. The Morgan fingerprint density at radius 2 is 2.12 bits per heavy atom. The van der Waals surface area contributed by atoms with Crippen LogP contribution in [0.2, 0.25) is 0 Å². The van der Waals surface area contributed by atoms with Crippen LogP contribution in [0.5, 0.6) is 0 Å². The van der Waals surface area contributed by atoms with Crippen LogP contribution in [-0.2, 0) is 13.0 Å². The summed E-state index contributed by atoms with van der Waals surface area (Å²) in [5.41, 5.74) is 10.4. The van der Waals surface area contributed by atoms with Crippen molar-refractivity contribution in [3.63, 3.8) is 0 Å². The fourth-order valence-electron chi connectivity index (χ4n) is 4.23. The molecule has 1 fully saturated rings. The molecule has 0 radical (unpaired) electrons. The van der Waals surface area contributed by atoms with Crippen LogP contribution in [0, 0.1) is 18.7 Å². The highest BCUT2D eigenvalue weighted by atomic mass is 32.1. The minimum Gasteiger partial charge on any atom is -0.361 e. The number of fused-ring (bicyclic) bond motifs is 1. The molecule has 0 bridgehead atoms. The second-order valence-electron chi connectivity index (χ2n) is 8.81. The molecule has 0 spiro atoms. The molecular formula is C26H27FN4OS. The molecule has 2 heterocycles. The van der Waals surface area contributed by atoms with Gasteiger partial charge in [-0.3, -0.25) is 4.79 Å². The fraction of sp³-hybridized carbons (Fsp3) is 0.308. The average Bonchev–Trinajstić information content (AvgIpc) is 3.38. The minimum absolute atomic E-state index is 0.0552. The largest absolute Gasteiger partial charge is 0.361 e. The van der Waals surface area contributed by atoms with Gasteiger partial charge in [-0.1, -0.05) is 29.8 Å².